The molecule has 24 heavy (non-hydrogen) atoms. The second kappa shape index (κ2) is 6.82. The van der Waals surface area contributed by atoms with E-state index in [1.54, 1.807) is 25.3 Å². The zero-order chi connectivity index (χ0) is 16.9. The number of methoxy groups -OCH3 is 1. The van der Waals surface area contributed by atoms with Crippen LogP contribution in [0.2, 0.25) is 0 Å². The van der Waals surface area contributed by atoms with Gasteiger partial charge in [0.2, 0.25) is 0 Å². The summed E-state index contributed by atoms with van der Waals surface area (Å²) in [6.45, 7) is 0.424. The summed E-state index contributed by atoms with van der Waals surface area (Å²) in [5.74, 6) is 0.471. The van der Waals surface area contributed by atoms with Gasteiger partial charge in [-0.3, -0.25) is 4.79 Å². The lowest BCUT2D eigenvalue weighted by Gasteiger charge is -2.12. The van der Waals surface area contributed by atoms with Gasteiger partial charge in [0.1, 0.15) is 12.3 Å². The molecule has 1 heterocycles. The van der Waals surface area contributed by atoms with Gasteiger partial charge in [0, 0.05) is 5.56 Å². The largest absolute Gasteiger partial charge is 0.493 e. The number of nitrogens with two attached hydrogens (primary N) is 1. The molecule has 0 radical (unpaired) electrons. The van der Waals surface area contributed by atoms with Gasteiger partial charge in [-0.25, -0.2) is 0 Å². The Kier molecular flexibility index (Phi) is 4.42. The average Bonchev–Trinajstić information content (AvgIpc) is 3.11. The molecule has 0 aliphatic carbocycles. The van der Waals surface area contributed by atoms with Crippen LogP contribution in [0.25, 0.3) is 11.3 Å². The SMILES string of the molecule is COc1cc(-c2n[nH]nc2C(N)=O)ccc1OCc1ccccc1. The normalized spacial score (nSPS) is 10.4. The number of carbonyl (C=O) groups is 1. The minimum atomic E-state index is -0.651. The zero-order valence-electron chi connectivity index (χ0n) is 13.0. The summed E-state index contributed by atoms with van der Waals surface area (Å²) in [6.07, 6.45) is 0. The first-order chi connectivity index (χ1) is 11.7. The molecular formula is C17H16N4O3. The van der Waals surface area contributed by atoms with Gasteiger partial charge < -0.3 is 15.2 Å². The van der Waals surface area contributed by atoms with Crippen LogP contribution in [0, 0.1) is 0 Å². The lowest BCUT2D eigenvalue weighted by Crippen LogP contribution is -2.12. The maximum Gasteiger partial charge on any atom is 0.271 e. The first-order valence-electron chi connectivity index (χ1n) is 7.24. The van der Waals surface area contributed by atoms with Gasteiger partial charge in [-0.05, 0) is 23.8 Å². The van der Waals surface area contributed by atoms with Gasteiger partial charge in [0.05, 0.1) is 7.11 Å². The van der Waals surface area contributed by atoms with Crippen molar-refractivity contribution in [2.45, 2.75) is 6.61 Å². The van der Waals surface area contributed by atoms with Gasteiger partial charge >= 0.3 is 0 Å². The predicted molar refractivity (Wildman–Crippen MR) is 87.7 cm³/mol. The molecule has 0 spiro atoms. The average molecular weight is 324 g/mol. The number of primary amides is 1. The van der Waals surface area contributed by atoms with E-state index in [9.17, 15) is 4.79 Å². The predicted octanol–water partition coefficient (Wildman–Crippen LogP) is 2.16. The lowest BCUT2D eigenvalue weighted by atomic mass is 10.1. The van der Waals surface area contributed by atoms with Crippen molar-refractivity contribution in [3.05, 3.63) is 59.8 Å². The Labute approximate surface area is 138 Å². The van der Waals surface area contributed by atoms with Gasteiger partial charge in [-0.1, -0.05) is 30.3 Å². The fourth-order valence-corrected chi connectivity index (χ4v) is 2.27. The van der Waals surface area contributed by atoms with Crippen LogP contribution in [0.4, 0.5) is 0 Å². The van der Waals surface area contributed by atoms with Crippen LogP contribution in [0.15, 0.2) is 48.5 Å². The number of hydrogen-bond donors (Lipinski definition) is 2. The quantitative estimate of drug-likeness (QED) is 0.723. The van der Waals surface area contributed by atoms with Crippen molar-refractivity contribution < 1.29 is 14.3 Å². The molecule has 3 rings (SSSR count). The summed E-state index contributed by atoms with van der Waals surface area (Å²) in [5, 5.41) is 10.1. The van der Waals surface area contributed by atoms with Crippen molar-refractivity contribution in [2.75, 3.05) is 7.11 Å². The van der Waals surface area contributed by atoms with Crippen LogP contribution < -0.4 is 15.2 Å². The fourth-order valence-electron chi connectivity index (χ4n) is 2.27. The van der Waals surface area contributed by atoms with Crippen LogP contribution in [-0.2, 0) is 6.61 Å². The number of amides is 1. The van der Waals surface area contributed by atoms with Crippen molar-refractivity contribution in [3.8, 4) is 22.8 Å². The Hall–Kier alpha value is -3.35. The number of hydrogen-bond acceptors (Lipinski definition) is 5. The van der Waals surface area contributed by atoms with Crippen LogP contribution in [-0.4, -0.2) is 28.4 Å². The summed E-state index contributed by atoms with van der Waals surface area (Å²) in [7, 11) is 1.55. The smallest absolute Gasteiger partial charge is 0.271 e. The number of H-pyrrole nitrogens is 1. The van der Waals surface area contributed by atoms with Gasteiger partial charge in [0.15, 0.2) is 17.2 Å². The Balaban J connectivity index is 1.85. The highest BCUT2D eigenvalue weighted by Gasteiger charge is 2.17. The third kappa shape index (κ3) is 3.19. The molecule has 1 aromatic heterocycles. The topological polar surface area (TPSA) is 103 Å². The van der Waals surface area contributed by atoms with Crippen LogP contribution in [0.3, 0.4) is 0 Å². The number of carbonyl (C=O) groups excluding carboxylic acids is 1. The summed E-state index contributed by atoms with van der Waals surface area (Å²) < 4.78 is 11.2. The van der Waals surface area contributed by atoms with Crippen LogP contribution in [0.5, 0.6) is 11.5 Å². The van der Waals surface area contributed by atoms with E-state index in [0.29, 0.717) is 29.4 Å². The van der Waals surface area contributed by atoms with Gasteiger partial charge in [-0.15, -0.1) is 0 Å². The molecule has 7 nitrogen and oxygen atoms in total. The van der Waals surface area contributed by atoms with E-state index in [0.717, 1.165) is 5.56 Å². The molecule has 0 fully saturated rings. The first kappa shape index (κ1) is 15.5. The Morgan fingerprint density at radius 3 is 2.62 bits per heavy atom. The van der Waals surface area contributed by atoms with E-state index in [4.69, 9.17) is 15.2 Å². The molecule has 1 amide bonds. The second-order valence-electron chi connectivity index (χ2n) is 5.02. The summed E-state index contributed by atoms with van der Waals surface area (Å²) in [5.41, 5.74) is 7.45. The van der Waals surface area contributed by atoms with Crippen molar-refractivity contribution >= 4 is 5.91 Å². The van der Waals surface area contributed by atoms with E-state index in [1.165, 1.54) is 0 Å². The zero-order valence-corrected chi connectivity index (χ0v) is 13.0. The molecule has 0 unspecified atom stereocenters. The molecular weight excluding hydrogens is 308 g/mol. The van der Waals surface area contributed by atoms with Crippen molar-refractivity contribution in [1.29, 1.82) is 0 Å². The molecule has 0 atom stereocenters. The van der Waals surface area contributed by atoms with Crippen molar-refractivity contribution in [1.82, 2.24) is 15.4 Å². The molecule has 0 saturated carbocycles. The van der Waals surface area contributed by atoms with Gasteiger partial charge in [0.25, 0.3) is 5.91 Å². The van der Waals surface area contributed by atoms with Crippen LogP contribution >= 0.6 is 0 Å². The van der Waals surface area contributed by atoms with E-state index < -0.39 is 5.91 Å². The highest BCUT2D eigenvalue weighted by Crippen LogP contribution is 2.33. The molecule has 7 heteroatoms. The Morgan fingerprint density at radius 1 is 1.12 bits per heavy atom. The number of aromatic nitrogens is 3. The molecule has 3 aromatic rings. The Bertz CT molecular complexity index is 846. The summed E-state index contributed by atoms with van der Waals surface area (Å²) >= 11 is 0. The summed E-state index contributed by atoms with van der Waals surface area (Å²) in [6, 6.07) is 15.1. The van der Waals surface area contributed by atoms with Gasteiger partial charge in [-0.2, -0.15) is 15.4 Å². The third-order valence-corrected chi connectivity index (χ3v) is 3.46. The van der Waals surface area contributed by atoms with E-state index in [2.05, 4.69) is 15.4 Å². The highest BCUT2D eigenvalue weighted by molar-refractivity contribution is 5.96. The molecule has 0 aliphatic rings. The minimum absolute atomic E-state index is 0.0787. The number of nitrogens with one attached hydrogen (secondary N) is 1. The van der Waals surface area contributed by atoms with E-state index in [1.807, 2.05) is 30.3 Å². The maximum absolute atomic E-state index is 11.4. The molecule has 3 N–H and O–H groups in total. The standard InChI is InChI=1S/C17H16N4O3/c1-23-14-9-12(15-16(17(18)22)20-21-19-15)7-8-13(14)24-10-11-5-3-2-4-6-11/h2-9H,10H2,1H3,(H2,18,22)(H,19,20,21). The maximum atomic E-state index is 11.4. The van der Waals surface area contributed by atoms with E-state index >= 15 is 0 Å². The molecule has 0 aliphatic heterocycles. The molecule has 2 aromatic carbocycles. The fraction of sp³-hybridized carbons (Fsp3) is 0.118. The van der Waals surface area contributed by atoms with Crippen molar-refractivity contribution in [2.24, 2.45) is 5.73 Å². The van der Waals surface area contributed by atoms with Crippen LogP contribution in [0.1, 0.15) is 16.1 Å². The van der Waals surface area contributed by atoms with E-state index in [-0.39, 0.29) is 5.69 Å². The number of ether oxygens (including phenoxy) is 2. The monoisotopic (exact) mass is 324 g/mol. The molecule has 0 saturated heterocycles. The third-order valence-electron chi connectivity index (χ3n) is 3.46. The number of aromatic amines is 1. The molecule has 0 bridgehead atoms. The number of nitrogens with zero attached hydrogens (tertiary/aromatic N) is 2. The lowest BCUT2D eigenvalue weighted by molar-refractivity contribution is 0.0996. The first-order valence-corrected chi connectivity index (χ1v) is 7.24. The number of benzene rings is 2. The second-order valence-corrected chi connectivity index (χ2v) is 5.02. The molecule has 122 valence electrons. The van der Waals surface area contributed by atoms with Crippen molar-refractivity contribution in [3.63, 3.8) is 0 Å². The number of rotatable bonds is 6. The highest BCUT2D eigenvalue weighted by atomic mass is 16.5. The summed E-state index contributed by atoms with van der Waals surface area (Å²) in [4.78, 5) is 11.4. The minimum Gasteiger partial charge on any atom is -0.493 e. The Morgan fingerprint density at radius 2 is 1.92 bits per heavy atom.